The lowest BCUT2D eigenvalue weighted by atomic mass is 10.1. The highest BCUT2D eigenvalue weighted by atomic mass is 79.9. The number of amides is 1. The van der Waals surface area contributed by atoms with Crippen molar-refractivity contribution in [3.05, 3.63) is 57.7 Å². The lowest BCUT2D eigenvalue weighted by molar-refractivity contribution is 0.0741. The molecule has 126 valence electrons. The molecule has 0 radical (unpaired) electrons. The molecule has 3 rings (SSSR count). The molecule has 1 aromatic carbocycles. The third-order valence-corrected chi connectivity index (χ3v) is 4.48. The van der Waals surface area contributed by atoms with Crippen LogP contribution in [0.5, 0.6) is 0 Å². The highest BCUT2D eigenvalue weighted by Crippen LogP contribution is 2.21. The van der Waals surface area contributed by atoms with Crippen LogP contribution in [0.1, 0.15) is 15.9 Å². The second-order valence-corrected chi connectivity index (χ2v) is 6.64. The van der Waals surface area contributed by atoms with Crippen molar-refractivity contribution in [3.63, 3.8) is 0 Å². The number of pyridine rings is 1. The number of carbonyl (C=O) groups is 1. The molecule has 0 N–H and O–H groups in total. The van der Waals surface area contributed by atoms with Crippen LogP contribution in [0.4, 0.5) is 14.6 Å². The number of rotatable bonds is 2. The summed E-state index contributed by atoms with van der Waals surface area (Å²) >= 11 is 3.17. The molecule has 2 aromatic rings. The lowest BCUT2D eigenvalue weighted by Crippen LogP contribution is -2.49. The summed E-state index contributed by atoms with van der Waals surface area (Å²) < 4.78 is 28.5. The van der Waals surface area contributed by atoms with Gasteiger partial charge in [0.25, 0.3) is 5.91 Å². The van der Waals surface area contributed by atoms with Gasteiger partial charge in [-0.1, -0.05) is 15.9 Å². The van der Waals surface area contributed by atoms with Crippen LogP contribution in [0.15, 0.2) is 34.9 Å². The molecule has 0 saturated carbocycles. The Morgan fingerprint density at radius 1 is 1.12 bits per heavy atom. The number of aromatic nitrogens is 1. The van der Waals surface area contributed by atoms with Crippen LogP contribution < -0.4 is 4.90 Å². The highest BCUT2D eigenvalue weighted by molar-refractivity contribution is 9.10. The first-order valence-corrected chi connectivity index (χ1v) is 8.36. The molecule has 24 heavy (non-hydrogen) atoms. The Labute approximate surface area is 147 Å². The van der Waals surface area contributed by atoms with E-state index in [0.717, 1.165) is 5.56 Å². The predicted molar refractivity (Wildman–Crippen MR) is 91.1 cm³/mol. The number of aryl methyl sites for hydroxylation is 1. The molecule has 1 amide bonds. The zero-order chi connectivity index (χ0) is 17.3. The van der Waals surface area contributed by atoms with Crippen molar-refractivity contribution >= 4 is 27.7 Å². The molecule has 1 fully saturated rings. The lowest BCUT2D eigenvalue weighted by Gasteiger charge is -2.35. The Kier molecular flexibility index (Phi) is 4.80. The Hall–Kier alpha value is -2.02. The summed E-state index contributed by atoms with van der Waals surface area (Å²) in [6.07, 6.45) is 1.62. The molecule has 4 nitrogen and oxygen atoms in total. The minimum atomic E-state index is -0.553. The molecule has 0 bridgehead atoms. The predicted octanol–water partition coefficient (Wildman–Crippen LogP) is 3.39. The number of benzene rings is 1. The van der Waals surface area contributed by atoms with Gasteiger partial charge in [0.05, 0.1) is 5.56 Å². The van der Waals surface area contributed by atoms with E-state index in [0.29, 0.717) is 36.5 Å². The van der Waals surface area contributed by atoms with Crippen LogP contribution in [0.25, 0.3) is 0 Å². The fraction of sp³-hybridized carbons (Fsp3) is 0.294. The second kappa shape index (κ2) is 6.84. The normalized spacial score (nSPS) is 14.8. The van der Waals surface area contributed by atoms with Gasteiger partial charge in [-0.05, 0) is 36.8 Å². The van der Waals surface area contributed by atoms with Gasteiger partial charge >= 0.3 is 0 Å². The van der Waals surface area contributed by atoms with E-state index in [1.807, 2.05) is 0 Å². The number of halogens is 3. The number of nitrogens with zero attached hydrogens (tertiary/aromatic N) is 3. The molecular formula is C17H16BrF2N3O. The molecule has 0 unspecified atom stereocenters. The van der Waals surface area contributed by atoms with Crippen molar-refractivity contribution in [1.29, 1.82) is 0 Å². The van der Waals surface area contributed by atoms with Gasteiger partial charge in [-0.3, -0.25) is 4.79 Å². The topological polar surface area (TPSA) is 36.4 Å². The molecule has 1 aliphatic rings. The quantitative estimate of drug-likeness (QED) is 0.781. The van der Waals surface area contributed by atoms with E-state index in [2.05, 4.69) is 20.9 Å². The summed E-state index contributed by atoms with van der Waals surface area (Å²) in [4.78, 5) is 20.0. The van der Waals surface area contributed by atoms with Gasteiger partial charge in [0.2, 0.25) is 0 Å². The third kappa shape index (κ3) is 3.40. The molecule has 2 heterocycles. The fourth-order valence-electron chi connectivity index (χ4n) is 2.71. The molecule has 0 atom stereocenters. The first-order chi connectivity index (χ1) is 11.5. The summed E-state index contributed by atoms with van der Waals surface area (Å²) in [5, 5.41) is 0. The summed E-state index contributed by atoms with van der Waals surface area (Å²) in [6, 6.07) is 5.82. The van der Waals surface area contributed by atoms with Gasteiger partial charge in [0.1, 0.15) is 5.82 Å². The Bertz CT molecular complexity index is 776. The van der Waals surface area contributed by atoms with E-state index in [-0.39, 0.29) is 17.3 Å². The van der Waals surface area contributed by atoms with Crippen LogP contribution in [0.3, 0.4) is 0 Å². The van der Waals surface area contributed by atoms with E-state index in [4.69, 9.17) is 0 Å². The molecular weight excluding hydrogens is 380 g/mol. The van der Waals surface area contributed by atoms with Crippen LogP contribution in [-0.2, 0) is 0 Å². The maximum Gasteiger partial charge on any atom is 0.256 e. The van der Waals surface area contributed by atoms with Crippen LogP contribution in [0, 0.1) is 18.6 Å². The van der Waals surface area contributed by atoms with Crippen molar-refractivity contribution in [2.24, 2.45) is 0 Å². The van der Waals surface area contributed by atoms with Gasteiger partial charge in [-0.25, -0.2) is 13.8 Å². The molecule has 1 saturated heterocycles. The standard InChI is InChI=1S/C17H16BrF2N3O/c1-11-8-15(20)16(21-10-11)22-4-6-23(7-5-22)17(24)13-3-2-12(18)9-14(13)19/h2-3,8-10H,4-7H2,1H3. The first-order valence-electron chi connectivity index (χ1n) is 7.57. The molecule has 1 aliphatic heterocycles. The van der Waals surface area contributed by atoms with Gasteiger partial charge in [0, 0.05) is 36.8 Å². The van der Waals surface area contributed by atoms with Gasteiger partial charge < -0.3 is 9.80 Å². The van der Waals surface area contributed by atoms with Crippen molar-refractivity contribution in [3.8, 4) is 0 Å². The third-order valence-electron chi connectivity index (χ3n) is 3.99. The number of carbonyl (C=O) groups excluding carboxylic acids is 1. The summed E-state index contributed by atoms with van der Waals surface area (Å²) in [5.74, 6) is -0.976. The van der Waals surface area contributed by atoms with Crippen molar-refractivity contribution < 1.29 is 13.6 Å². The van der Waals surface area contributed by atoms with E-state index in [1.165, 1.54) is 18.2 Å². The van der Waals surface area contributed by atoms with Gasteiger partial charge in [-0.15, -0.1) is 0 Å². The number of piperazine rings is 1. The SMILES string of the molecule is Cc1cnc(N2CCN(C(=O)c3ccc(Br)cc3F)CC2)c(F)c1. The monoisotopic (exact) mass is 395 g/mol. The van der Waals surface area contributed by atoms with Gasteiger partial charge in [-0.2, -0.15) is 0 Å². The fourth-order valence-corrected chi connectivity index (χ4v) is 3.05. The average molecular weight is 396 g/mol. The van der Waals surface area contributed by atoms with Crippen molar-refractivity contribution in [2.75, 3.05) is 31.1 Å². The number of anilines is 1. The van der Waals surface area contributed by atoms with Crippen molar-refractivity contribution in [1.82, 2.24) is 9.88 Å². The van der Waals surface area contributed by atoms with E-state index >= 15 is 0 Å². The number of hydrogen-bond acceptors (Lipinski definition) is 3. The smallest absolute Gasteiger partial charge is 0.256 e. The number of hydrogen-bond donors (Lipinski definition) is 0. The minimum absolute atomic E-state index is 0.0475. The van der Waals surface area contributed by atoms with E-state index < -0.39 is 5.82 Å². The first kappa shape index (κ1) is 16.8. The average Bonchev–Trinajstić information content (AvgIpc) is 2.54. The molecule has 0 spiro atoms. The van der Waals surface area contributed by atoms with Crippen molar-refractivity contribution in [2.45, 2.75) is 6.92 Å². The Morgan fingerprint density at radius 3 is 2.46 bits per heavy atom. The Morgan fingerprint density at radius 2 is 1.83 bits per heavy atom. The molecule has 1 aromatic heterocycles. The summed E-state index contributed by atoms with van der Waals surface area (Å²) in [5.41, 5.74) is 0.807. The Balaban J connectivity index is 1.69. The summed E-state index contributed by atoms with van der Waals surface area (Å²) in [7, 11) is 0. The van der Waals surface area contributed by atoms with E-state index in [9.17, 15) is 13.6 Å². The second-order valence-electron chi connectivity index (χ2n) is 5.72. The summed E-state index contributed by atoms with van der Waals surface area (Å²) in [6.45, 7) is 3.48. The van der Waals surface area contributed by atoms with Crippen LogP contribution >= 0.6 is 15.9 Å². The zero-order valence-electron chi connectivity index (χ0n) is 13.1. The van der Waals surface area contributed by atoms with E-state index in [1.54, 1.807) is 29.0 Å². The van der Waals surface area contributed by atoms with Crippen LogP contribution in [0.2, 0.25) is 0 Å². The highest BCUT2D eigenvalue weighted by Gasteiger charge is 2.25. The largest absolute Gasteiger partial charge is 0.351 e. The molecule has 7 heteroatoms. The van der Waals surface area contributed by atoms with Gasteiger partial charge in [0.15, 0.2) is 11.6 Å². The van der Waals surface area contributed by atoms with Crippen LogP contribution in [-0.4, -0.2) is 42.0 Å². The molecule has 0 aliphatic carbocycles. The maximum absolute atomic E-state index is 14.0. The zero-order valence-corrected chi connectivity index (χ0v) is 14.7. The minimum Gasteiger partial charge on any atom is -0.351 e. The maximum atomic E-state index is 14.0.